The number of nitrogens with two attached hydrogens (primary N) is 1. The number of rotatable bonds is 4. The molecule has 1 heterocycles. The lowest BCUT2D eigenvalue weighted by atomic mass is 9.82. The van der Waals surface area contributed by atoms with E-state index in [4.69, 9.17) is 5.73 Å². The van der Waals surface area contributed by atoms with Crippen molar-refractivity contribution in [2.75, 3.05) is 6.54 Å². The molecule has 0 saturated heterocycles. The van der Waals surface area contributed by atoms with E-state index in [0.717, 1.165) is 11.1 Å². The molecule has 3 heteroatoms. The van der Waals surface area contributed by atoms with Crippen LogP contribution < -0.4 is 5.73 Å². The fraction of sp³-hybridized carbons (Fsp3) is 0.118. The van der Waals surface area contributed by atoms with Crippen LogP contribution in [0.15, 0.2) is 79.4 Å². The summed E-state index contributed by atoms with van der Waals surface area (Å²) in [6, 6.07) is 20.6. The van der Waals surface area contributed by atoms with Gasteiger partial charge in [0.1, 0.15) is 5.54 Å². The first-order chi connectivity index (χ1) is 9.88. The van der Waals surface area contributed by atoms with Gasteiger partial charge in [-0.25, -0.2) is 4.98 Å². The van der Waals surface area contributed by atoms with Crippen molar-refractivity contribution < 1.29 is 0 Å². The number of hydrogen-bond acceptors (Lipinski definition) is 2. The Morgan fingerprint density at radius 2 is 1.45 bits per heavy atom. The van der Waals surface area contributed by atoms with E-state index in [-0.39, 0.29) is 0 Å². The minimum atomic E-state index is -0.418. The van der Waals surface area contributed by atoms with Gasteiger partial charge in [0.25, 0.3) is 0 Å². The molecule has 0 amide bonds. The van der Waals surface area contributed by atoms with Crippen LogP contribution in [0.5, 0.6) is 0 Å². The third-order valence-corrected chi connectivity index (χ3v) is 3.74. The van der Waals surface area contributed by atoms with Gasteiger partial charge in [-0.2, -0.15) is 0 Å². The highest BCUT2D eigenvalue weighted by atomic mass is 15.1. The maximum Gasteiger partial charge on any atom is 0.108 e. The predicted molar refractivity (Wildman–Crippen MR) is 80.3 cm³/mol. The van der Waals surface area contributed by atoms with Crippen molar-refractivity contribution >= 4 is 0 Å². The molecule has 1 aromatic heterocycles. The van der Waals surface area contributed by atoms with Gasteiger partial charge >= 0.3 is 0 Å². The third kappa shape index (κ3) is 1.92. The normalized spacial score (nSPS) is 11.4. The highest BCUT2D eigenvalue weighted by molar-refractivity contribution is 5.40. The van der Waals surface area contributed by atoms with E-state index in [0.29, 0.717) is 6.54 Å². The molecule has 0 unspecified atom stereocenters. The Kier molecular flexibility index (Phi) is 3.35. The van der Waals surface area contributed by atoms with Gasteiger partial charge in [0.15, 0.2) is 0 Å². The van der Waals surface area contributed by atoms with Gasteiger partial charge in [-0.3, -0.25) is 0 Å². The van der Waals surface area contributed by atoms with Gasteiger partial charge in [0.05, 0.1) is 6.33 Å². The second-order valence-electron chi connectivity index (χ2n) is 4.77. The fourth-order valence-electron chi connectivity index (χ4n) is 2.72. The van der Waals surface area contributed by atoms with Gasteiger partial charge in [0.2, 0.25) is 0 Å². The standard InChI is InChI=1S/C17H17N3/c18-13-17(20-12-11-19-14-20,15-7-3-1-4-8-15)16-9-5-2-6-10-16/h1-12,14H,13,18H2. The summed E-state index contributed by atoms with van der Waals surface area (Å²) < 4.78 is 2.08. The summed E-state index contributed by atoms with van der Waals surface area (Å²) in [7, 11) is 0. The van der Waals surface area contributed by atoms with Crippen LogP contribution in [0, 0.1) is 0 Å². The van der Waals surface area contributed by atoms with E-state index >= 15 is 0 Å². The lowest BCUT2D eigenvalue weighted by molar-refractivity contribution is 0.441. The molecule has 0 aliphatic heterocycles. The molecule has 0 radical (unpaired) electrons. The molecule has 100 valence electrons. The summed E-state index contributed by atoms with van der Waals surface area (Å²) in [5.74, 6) is 0. The maximum absolute atomic E-state index is 6.21. The molecule has 0 atom stereocenters. The van der Waals surface area contributed by atoms with Crippen LogP contribution in [0.1, 0.15) is 11.1 Å². The number of imidazole rings is 1. The zero-order valence-corrected chi connectivity index (χ0v) is 11.2. The van der Waals surface area contributed by atoms with Crippen LogP contribution in [0.2, 0.25) is 0 Å². The Labute approximate surface area is 118 Å². The molecule has 3 rings (SSSR count). The molecule has 0 fully saturated rings. The zero-order chi connectivity index (χ0) is 13.8. The van der Waals surface area contributed by atoms with Crippen molar-refractivity contribution in [3.63, 3.8) is 0 Å². The quantitative estimate of drug-likeness (QED) is 0.786. The zero-order valence-electron chi connectivity index (χ0n) is 11.2. The van der Waals surface area contributed by atoms with Crippen molar-refractivity contribution in [1.82, 2.24) is 9.55 Å². The highest BCUT2D eigenvalue weighted by Crippen LogP contribution is 2.32. The molecule has 0 bridgehead atoms. The summed E-state index contributed by atoms with van der Waals surface area (Å²) in [6.07, 6.45) is 5.58. The van der Waals surface area contributed by atoms with Crippen molar-refractivity contribution in [2.24, 2.45) is 5.73 Å². The van der Waals surface area contributed by atoms with Crippen LogP contribution in [-0.2, 0) is 5.54 Å². The molecule has 0 saturated carbocycles. The van der Waals surface area contributed by atoms with E-state index in [2.05, 4.69) is 33.8 Å². The SMILES string of the molecule is NCC(c1ccccc1)(c1ccccc1)n1ccnc1. The van der Waals surface area contributed by atoms with Crippen molar-refractivity contribution in [3.05, 3.63) is 90.5 Å². The van der Waals surface area contributed by atoms with Crippen molar-refractivity contribution in [3.8, 4) is 0 Å². The van der Waals surface area contributed by atoms with E-state index in [1.165, 1.54) is 0 Å². The van der Waals surface area contributed by atoms with Gasteiger partial charge in [0, 0.05) is 18.9 Å². The van der Waals surface area contributed by atoms with Gasteiger partial charge in [-0.15, -0.1) is 0 Å². The molecule has 3 nitrogen and oxygen atoms in total. The second kappa shape index (κ2) is 5.31. The number of aromatic nitrogens is 2. The van der Waals surface area contributed by atoms with Crippen LogP contribution in [0.25, 0.3) is 0 Å². The summed E-state index contributed by atoms with van der Waals surface area (Å²) in [5.41, 5.74) is 8.11. The predicted octanol–water partition coefficient (Wildman–Crippen LogP) is 2.63. The first kappa shape index (κ1) is 12.6. The Hall–Kier alpha value is -2.39. The molecular formula is C17H17N3. The number of benzene rings is 2. The topological polar surface area (TPSA) is 43.8 Å². The van der Waals surface area contributed by atoms with Crippen molar-refractivity contribution in [2.45, 2.75) is 5.54 Å². The second-order valence-corrected chi connectivity index (χ2v) is 4.77. The first-order valence-corrected chi connectivity index (χ1v) is 6.67. The van der Waals surface area contributed by atoms with E-state index < -0.39 is 5.54 Å². The minimum absolute atomic E-state index is 0.418. The lowest BCUT2D eigenvalue weighted by Crippen LogP contribution is -2.42. The number of nitrogens with zero attached hydrogens (tertiary/aromatic N) is 2. The molecule has 2 N–H and O–H groups in total. The Morgan fingerprint density at radius 1 is 0.900 bits per heavy atom. The van der Waals surface area contributed by atoms with E-state index in [1.54, 1.807) is 6.20 Å². The largest absolute Gasteiger partial charge is 0.328 e. The Balaban J connectivity index is 2.27. The van der Waals surface area contributed by atoms with Crippen LogP contribution >= 0.6 is 0 Å². The Morgan fingerprint density at radius 3 is 1.85 bits per heavy atom. The monoisotopic (exact) mass is 263 g/mol. The first-order valence-electron chi connectivity index (χ1n) is 6.67. The smallest absolute Gasteiger partial charge is 0.108 e. The average Bonchev–Trinajstić information content (AvgIpc) is 3.06. The molecule has 3 aromatic rings. The molecular weight excluding hydrogens is 246 g/mol. The van der Waals surface area contributed by atoms with E-state index in [1.807, 2.05) is 48.9 Å². The van der Waals surface area contributed by atoms with Crippen LogP contribution in [0.3, 0.4) is 0 Å². The Bertz CT molecular complexity index is 606. The molecule has 0 spiro atoms. The molecule has 20 heavy (non-hydrogen) atoms. The molecule has 0 aliphatic rings. The summed E-state index contributed by atoms with van der Waals surface area (Å²) in [4.78, 5) is 4.19. The molecule has 0 aliphatic carbocycles. The minimum Gasteiger partial charge on any atom is -0.328 e. The van der Waals surface area contributed by atoms with Crippen LogP contribution in [0.4, 0.5) is 0 Å². The number of hydrogen-bond donors (Lipinski definition) is 1. The van der Waals surface area contributed by atoms with Crippen LogP contribution in [-0.4, -0.2) is 16.1 Å². The van der Waals surface area contributed by atoms with Gasteiger partial charge < -0.3 is 10.3 Å². The van der Waals surface area contributed by atoms with Crippen molar-refractivity contribution in [1.29, 1.82) is 0 Å². The van der Waals surface area contributed by atoms with E-state index in [9.17, 15) is 0 Å². The summed E-state index contributed by atoms with van der Waals surface area (Å²) >= 11 is 0. The highest BCUT2D eigenvalue weighted by Gasteiger charge is 2.34. The average molecular weight is 263 g/mol. The fourth-order valence-corrected chi connectivity index (χ4v) is 2.72. The summed E-state index contributed by atoms with van der Waals surface area (Å²) in [5, 5.41) is 0. The van der Waals surface area contributed by atoms with Gasteiger partial charge in [-0.05, 0) is 11.1 Å². The summed E-state index contributed by atoms with van der Waals surface area (Å²) in [6.45, 7) is 0.470. The molecule has 2 aromatic carbocycles. The van der Waals surface area contributed by atoms with Gasteiger partial charge in [-0.1, -0.05) is 60.7 Å². The third-order valence-electron chi connectivity index (χ3n) is 3.74. The lowest BCUT2D eigenvalue weighted by Gasteiger charge is -2.35. The maximum atomic E-state index is 6.21.